The Hall–Kier alpha value is -0.570. The minimum atomic E-state index is 0.0951. The van der Waals surface area contributed by atoms with E-state index in [1.165, 1.54) is 32.1 Å². The van der Waals surface area contributed by atoms with Crippen molar-refractivity contribution < 1.29 is 4.79 Å². The maximum atomic E-state index is 12.3. The summed E-state index contributed by atoms with van der Waals surface area (Å²) in [6.45, 7) is 0. The van der Waals surface area contributed by atoms with Crippen molar-refractivity contribution in [3.05, 3.63) is 0 Å². The Bertz CT molecular complexity index is 354. The highest BCUT2D eigenvalue weighted by Gasteiger charge is 2.65. The molecule has 100 valence electrons. The number of hydrogen-bond donors (Lipinski definition) is 2. The van der Waals surface area contributed by atoms with Gasteiger partial charge in [-0.3, -0.25) is 4.79 Å². The maximum absolute atomic E-state index is 12.3. The third-order valence-corrected chi connectivity index (χ3v) is 6.20. The normalized spacial score (nSPS) is 53.1. The molecular formula is C15H24N2O. The van der Waals surface area contributed by atoms with Crippen molar-refractivity contribution in [1.82, 2.24) is 5.32 Å². The van der Waals surface area contributed by atoms with E-state index in [-0.39, 0.29) is 17.9 Å². The highest BCUT2D eigenvalue weighted by molar-refractivity contribution is 5.80. The maximum Gasteiger partial charge on any atom is 0.224 e. The Kier molecular flexibility index (Phi) is 2.48. The zero-order valence-electron chi connectivity index (χ0n) is 11.0. The van der Waals surface area contributed by atoms with Gasteiger partial charge < -0.3 is 11.1 Å². The van der Waals surface area contributed by atoms with Crippen LogP contribution in [0.4, 0.5) is 0 Å². The molecule has 4 rings (SSSR count). The zero-order valence-corrected chi connectivity index (χ0v) is 11.0. The van der Waals surface area contributed by atoms with Gasteiger partial charge in [0.15, 0.2) is 0 Å². The van der Waals surface area contributed by atoms with Crippen molar-refractivity contribution in [3.63, 3.8) is 0 Å². The van der Waals surface area contributed by atoms with Gasteiger partial charge in [-0.25, -0.2) is 0 Å². The molecule has 3 nitrogen and oxygen atoms in total. The first-order chi connectivity index (χ1) is 8.75. The van der Waals surface area contributed by atoms with E-state index < -0.39 is 0 Å². The number of hydrogen-bond acceptors (Lipinski definition) is 2. The zero-order chi connectivity index (χ0) is 12.3. The van der Waals surface area contributed by atoms with Crippen molar-refractivity contribution in [2.24, 2.45) is 35.3 Å². The van der Waals surface area contributed by atoms with Crippen molar-refractivity contribution in [2.45, 2.75) is 57.0 Å². The van der Waals surface area contributed by atoms with Crippen molar-refractivity contribution in [2.75, 3.05) is 0 Å². The average Bonchev–Trinajstić information content (AvgIpc) is 2.77. The highest BCUT2D eigenvalue weighted by atomic mass is 16.2. The Balaban J connectivity index is 1.37. The Labute approximate surface area is 109 Å². The largest absolute Gasteiger partial charge is 0.352 e. The Morgan fingerprint density at radius 3 is 2.33 bits per heavy atom. The second kappa shape index (κ2) is 3.96. The molecule has 0 aliphatic heterocycles. The summed E-state index contributed by atoms with van der Waals surface area (Å²) in [6.07, 6.45) is 8.69. The number of carbonyl (C=O) groups is 1. The second-order valence-electron chi connectivity index (χ2n) is 7.08. The number of nitrogens with one attached hydrogen (secondary N) is 1. The van der Waals surface area contributed by atoms with Crippen LogP contribution < -0.4 is 11.1 Å². The van der Waals surface area contributed by atoms with Gasteiger partial charge in [0.2, 0.25) is 5.91 Å². The molecule has 0 heterocycles. The summed E-state index contributed by atoms with van der Waals surface area (Å²) in [7, 11) is 0. The van der Waals surface area contributed by atoms with Crippen molar-refractivity contribution >= 4 is 5.91 Å². The van der Waals surface area contributed by atoms with Gasteiger partial charge in [-0.15, -0.1) is 0 Å². The monoisotopic (exact) mass is 248 g/mol. The number of amides is 1. The molecule has 3 N–H and O–H groups in total. The molecule has 6 atom stereocenters. The van der Waals surface area contributed by atoms with Crippen LogP contribution >= 0.6 is 0 Å². The summed E-state index contributed by atoms with van der Waals surface area (Å²) >= 11 is 0. The average molecular weight is 248 g/mol. The van der Waals surface area contributed by atoms with Gasteiger partial charge in [0, 0.05) is 12.1 Å². The minimum absolute atomic E-state index is 0.0951. The van der Waals surface area contributed by atoms with Gasteiger partial charge in [-0.1, -0.05) is 12.8 Å². The van der Waals surface area contributed by atoms with Gasteiger partial charge in [-0.05, 0) is 55.8 Å². The van der Waals surface area contributed by atoms with Crippen molar-refractivity contribution in [1.29, 1.82) is 0 Å². The molecule has 1 amide bonds. The van der Waals surface area contributed by atoms with E-state index in [0.29, 0.717) is 6.04 Å². The van der Waals surface area contributed by atoms with E-state index >= 15 is 0 Å². The summed E-state index contributed by atoms with van der Waals surface area (Å²) in [5.74, 6) is 3.91. The SMILES string of the molecule is NC1CCCCC1C(=O)NC1C2C3CCC(C3)C12. The topological polar surface area (TPSA) is 55.1 Å². The van der Waals surface area contributed by atoms with Crippen LogP contribution in [-0.2, 0) is 4.79 Å². The smallest absolute Gasteiger partial charge is 0.224 e. The molecule has 6 unspecified atom stereocenters. The van der Waals surface area contributed by atoms with Crippen LogP contribution in [0.5, 0.6) is 0 Å². The third kappa shape index (κ3) is 1.56. The standard InChI is InChI=1S/C15H24N2O/c16-11-4-2-1-3-10(11)15(18)17-14-12-8-5-6-9(7-8)13(12)14/h8-14H,1-7,16H2,(H,17,18). The first-order valence-electron chi connectivity index (χ1n) is 7.81. The molecule has 0 aromatic rings. The number of fused-ring (bicyclic) bond motifs is 5. The highest BCUT2D eigenvalue weighted by Crippen LogP contribution is 2.65. The molecule has 4 aliphatic carbocycles. The Morgan fingerprint density at radius 1 is 1.00 bits per heavy atom. The molecule has 2 bridgehead atoms. The van der Waals surface area contributed by atoms with E-state index in [0.717, 1.165) is 36.5 Å². The molecule has 0 radical (unpaired) electrons. The van der Waals surface area contributed by atoms with E-state index in [1.54, 1.807) is 0 Å². The molecule has 0 saturated heterocycles. The predicted octanol–water partition coefficient (Wildman–Crippen LogP) is 1.66. The van der Waals surface area contributed by atoms with Gasteiger partial charge in [0.1, 0.15) is 0 Å². The van der Waals surface area contributed by atoms with Crippen LogP contribution in [0.25, 0.3) is 0 Å². The number of carbonyl (C=O) groups excluding carboxylic acids is 1. The van der Waals surface area contributed by atoms with Crippen LogP contribution in [0, 0.1) is 29.6 Å². The van der Waals surface area contributed by atoms with E-state index in [9.17, 15) is 4.79 Å². The molecule has 3 heteroatoms. The lowest BCUT2D eigenvalue weighted by molar-refractivity contribution is -0.126. The van der Waals surface area contributed by atoms with Gasteiger partial charge >= 0.3 is 0 Å². The number of nitrogens with two attached hydrogens (primary N) is 1. The molecule has 4 saturated carbocycles. The second-order valence-corrected chi connectivity index (χ2v) is 7.08. The van der Waals surface area contributed by atoms with E-state index in [2.05, 4.69) is 5.32 Å². The van der Waals surface area contributed by atoms with Crippen LogP contribution in [0.1, 0.15) is 44.9 Å². The fraction of sp³-hybridized carbons (Fsp3) is 0.933. The summed E-state index contributed by atoms with van der Waals surface area (Å²) in [4.78, 5) is 12.3. The van der Waals surface area contributed by atoms with Gasteiger partial charge in [0.05, 0.1) is 5.92 Å². The third-order valence-electron chi connectivity index (χ3n) is 6.20. The number of rotatable bonds is 2. The molecule has 0 aromatic heterocycles. The molecule has 4 fully saturated rings. The Morgan fingerprint density at radius 2 is 1.67 bits per heavy atom. The van der Waals surface area contributed by atoms with Gasteiger partial charge in [-0.2, -0.15) is 0 Å². The minimum Gasteiger partial charge on any atom is -0.352 e. The lowest BCUT2D eigenvalue weighted by Gasteiger charge is -2.27. The summed E-state index contributed by atoms with van der Waals surface area (Å²) in [6, 6.07) is 0.631. The summed E-state index contributed by atoms with van der Waals surface area (Å²) in [5, 5.41) is 3.34. The molecule has 18 heavy (non-hydrogen) atoms. The van der Waals surface area contributed by atoms with E-state index in [4.69, 9.17) is 5.73 Å². The summed E-state index contributed by atoms with van der Waals surface area (Å²) in [5.41, 5.74) is 6.10. The first kappa shape index (κ1) is 11.3. The summed E-state index contributed by atoms with van der Waals surface area (Å²) < 4.78 is 0. The van der Waals surface area contributed by atoms with Crippen molar-refractivity contribution in [3.8, 4) is 0 Å². The molecule has 0 aromatic carbocycles. The van der Waals surface area contributed by atoms with Crippen LogP contribution in [-0.4, -0.2) is 18.0 Å². The molecular weight excluding hydrogens is 224 g/mol. The lowest BCUT2D eigenvalue weighted by atomic mass is 9.84. The fourth-order valence-corrected chi connectivity index (χ4v) is 5.27. The lowest BCUT2D eigenvalue weighted by Crippen LogP contribution is -2.45. The fourth-order valence-electron chi connectivity index (χ4n) is 5.27. The molecule has 4 aliphatic rings. The van der Waals surface area contributed by atoms with Crippen LogP contribution in [0.15, 0.2) is 0 Å². The van der Waals surface area contributed by atoms with E-state index in [1.807, 2.05) is 0 Å². The van der Waals surface area contributed by atoms with Crippen LogP contribution in [0.3, 0.4) is 0 Å². The van der Waals surface area contributed by atoms with Gasteiger partial charge in [0.25, 0.3) is 0 Å². The van der Waals surface area contributed by atoms with Crippen LogP contribution in [0.2, 0.25) is 0 Å². The quantitative estimate of drug-likeness (QED) is 0.781. The first-order valence-corrected chi connectivity index (χ1v) is 7.81. The predicted molar refractivity (Wildman–Crippen MR) is 69.7 cm³/mol. The molecule has 0 spiro atoms.